The highest BCUT2D eigenvalue weighted by Crippen LogP contribution is 2.29. The Hall–Kier alpha value is -3.48. The van der Waals surface area contributed by atoms with Gasteiger partial charge in [-0.25, -0.2) is 4.79 Å². The topological polar surface area (TPSA) is 91.4 Å². The van der Waals surface area contributed by atoms with E-state index in [0.717, 1.165) is 11.2 Å². The minimum Gasteiger partial charge on any atom is -0.423 e. The third-order valence-electron chi connectivity index (χ3n) is 4.34. The summed E-state index contributed by atoms with van der Waals surface area (Å²) < 4.78 is 7.27. The molecule has 3 aromatic rings. The summed E-state index contributed by atoms with van der Waals surface area (Å²) in [6.45, 7) is 3.36. The number of ketones is 1. The number of carbonyl (C=O) groups excluding carboxylic acids is 2. The van der Waals surface area contributed by atoms with Crippen molar-refractivity contribution in [3.05, 3.63) is 69.4 Å². The standard InChI is InChI=1S/C19H16N2O5/c1-11-18(12(2)22)16-10-15(8-9-17(16)20(11)3)26-19(23)13-4-6-14(7-5-13)21(24)25/h4-10H,1-3H3. The number of esters is 1. The number of aromatic nitrogens is 1. The number of nitro benzene ring substituents is 1. The highest BCUT2D eigenvalue weighted by atomic mass is 16.6. The number of hydrogen-bond donors (Lipinski definition) is 0. The van der Waals surface area contributed by atoms with Gasteiger partial charge in [0.2, 0.25) is 0 Å². The van der Waals surface area contributed by atoms with Gasteiger partial charge in [-0.05, 0) is 44.2 Å². The van der Waals surface area contributed by atoms with Gasteiger partial charge in [-0.2, -0.15) is 0 Å². The molecule has 26 heavy (non-hydrogen) atoms. The van der Waals surface area contributed by atoms with E-state index >= 15 is 0 Å². The molecule has 0 fully saturated rings. The van der Waals surface area contributed by atoms with Crippen molar-refractivity contribution in [3.63, 3.8) is 0 Å². The Bertz CT molecular complexity index is 1050. The van der Waals surface area contributed by atoms with E-state index in [1.165, 1.54) is 31.2 Å². The van der Waals surface area contributed by atoms with Crippen LogP contribution in [0.25, 0.3) is 10.9 Å². The van der Waals surface area contributed by atoms with Crippen molar-refractivity contribution in [1.29, 1.82) is 0 Å². The van der Waals surface area contributed by atoms with Gasteiger partial charge >= 0.3 is 5.97 Å². The highest BCUT2D eigenvalue weighted by Gasteiger charge is 2.17. The van der Waals surface area contributed by atoms with Crippen LogP contribution >= 0.6 is 0 Å². The average molecular weight is 352 g/mol. The van der Waals surface area contributed by atoms with Crippen molar-refractivity contribution in [1.82, 2.24) is 4.57 Å². The zero-order valence-corrected chi connectivity index (χ0v) is 14.5. The second kappa shape index (κ2) is 6.44. The number of nitrogens with zero attached hydrogens (tertiary/aromatic N) is 2. The normalized spacial score (nSPS) is 10.7. The number of non-ortho nitro benzene ring substituents is 1. The fourth-order valence-electron chi connectivity index (χ4n) is 2.94. The summed E-state index contributed by atoms with van der Waals surface area (Å²) in [5.41, 5.74) is 2.39. The molecule has 0 radical (unpaired) electrons. The first-order valence-corrected chi connectivity index (χ1v) is 7.86. The molecule has 0 bridgehead atoms. The molecule has 7 nitrogen and oxygen atoms in total. The lowest BCUT2D eigenvalue weighted by Gasteiger charge is -2.05. The van der Waals surface area contributed by atoms with Gasteiger partial charge in [0.05, 0.1) is 10.5 Å². The molecule has 2 aromatic carbocycles. The lowest BCUT2D eigenvalue weighted by molar-refractivity contribution is -0.384. The molecule has 0 amide bonds. The Morgan fingerprint density at radius 3 is 2.35 bits per heavy atom. The van der Waals surface area contributed by atoms with Crippen molar-refractivity contribution in [2.75, 3.05) is 0 Å². The Morgan fingerprint density at radius 2 is 1.77 bits per heavy atom. The predicted octanol–water partition coefficient (Wildman–Crippen LogP) is 3.82. The van der Waals surface area contributed by atoms with Crippen molar-refractivity contribution in [3.8, 4) is 5.75 Å². The van der Waals surface area contributed by atoms with Gasteiger partial charge in [-0.3, -0.25) is 14.9 Å². The maximum Gasteiger partial charge on any atom is 0.343 e. The summed E-state index contributed by atoms with van der Waals surface area (Å²) in [6.07, 6.45) is 0. The first kappa shape index (κ1) is 17.3. The van der Waals surface area contributed by atoms with Crippen LogP contribution in [0.1, 0.15) is 33.3 Å². The van der Waals surface area contributed by atoms with Crippen LogP contribution in [-0.4, -0.2) is 21.2 Å². The maximum atomic E-state index is 12.3. The monoisotopic (exact) mass is 352 g/mol. The lowest BCUT2D eigenvalue weighted by atomic mass is 10.1. The number of fused-ring (bicyclic) bond motifs is 1. The quantitative estimate of drug-likeness (QED) is 0.234. The van der Waals surface area contributed by atoms with Crippen LogP contribution in [0.5, 0.6) is 5.75 Å². The Morgan fingerprint density at radius 1 is 1.12 bits per heavy atom. The summed E-state index contributed by atoms with van der Waals surface area (Å²) in [5, 5.41) is 11.4. The SMILES string of the molecule is CC(=O)c1c(C)n(C)c2ccc(OC(=O)c3ccc([N+](=O)[O-])cc3)cc12. The van der Waals surface area contributed by atoms with E-state index in [0.29, 0.717) is 16.7 Å². The minimum absolute atomic E-state index is 0.0630. The van der Waals surface area contributed by atoms with Crippen molar-refractivity contribution in [2.45, 2.75) is 13.8 Å². The van der Waals surface area contributed by atoms with Gasteiger partial charge in [0, 0.05) is 41.3 Å². The molecule has 1 heterocycles. The van der Waals surface area contributed by atoms with Crippen LogP contribution < -0.4 is 4.74 Å². The summed E-state index contributed by atoms with van der Waals surface area (Å²) in [5.74, 6) is -0.392. The van der Waals surface area contributed by atoms with Crippen LogP contribution in [0.3, 0.4) is 0 Å². The van der Waals surface area contributed by atoms with Crippen molar-refractivity contribution < 1.29 is 19.2 Å². The van der Waals surface area contributed by atoms with Crippen LogP contribution in [0, 0.1) is 17.0 Å². The van der Waals surface area contributed by atoms with E-state index < -0.39 is 10.9 Å². The molecule has 132 valence electrons. The fraction of sp³-hybridized carbons (Fsp3) is 0.158. The van der Waals surface area contributed by atoms with Crippen LogP contribution in [0.4, 0.5) is 5.69 Å². The molecule has 0 aliphatic carbocycles. The zero-order valence-electron chi connectivity index (χ0n) is 14.5. The molecule has 0 N–H and O–H groups in total. The number of rotatable bonds is 4. The Kier molecular flexibility index (Phi) is 4.29. The van der Waals surface area contributed by atoms with Gasteiger partial charge in [-0.15, -0.1) is 0 Å². The average Bonchev–Trinajstić information content (AvgIpc) is 2.85. The second-order valence-electron chi connectivity index (χ2n) is 5.95. The van der Waals surface area contributed by atoms with E-state index in [1.807, 2.05) is 18.5 Å². The molecule has 3 rings (SSSR count). The van der Waals surface area contributed by atoms with Crippen molar-refractivity contribution in [2.24, 2.45) is 7.05 Å². The molecule has 0 saturated heterocycles. The first-order chi connectivity index (χ1) is 12.3. The smallest absolute Gasteiger partial charge is 0.343 e. The number of aryl methyl sites for hydroxylation is 1. The molecular weight excluding hydrogens is 336 g/mol. The van der Waals surface area contributed by atoms with E-state index in [4.69, 9.17) is 4.74 Å². The summed E-state index contributed by atoms with van der Waals surface area (Å²) in [6, 6.07) is 10.3. The van der Waals surface area contributed by atoms with Crippen molar-refractivity contribution >= 4 is 28.3 Å². The van der Waals surface area contributed by atoms with Crippen LogP contribution in [-0.2, 0) is 7.05 Å². The van der Waals surface area contributed by atoms with E-state index in [-0.39, 0.29) is 17.0 Å². The van der Waals surface area contributed by atoms with Gasteiger partial charge in [0.15, 0.2) is 5.78 Å². The fourth-order valence-corrected chi connectivity index (χ4v) is 2.94. The molecule has 0 saturated carbocycles. The molecule has 0 aliphatic heterocycles. The summed E-state index contributed by atoms with van der Waals surface area (Å²) >= 11 is 0. The van der Waals surface area contributed by atoms with Gasteiger partial charge < -0.3 is 9.30 Å². The summed E-state index contributed by atoms with van der Waals surface area (Å²) in [4.78, 5) is 34.4. The summed E-state index contributed by atoms with van der Waals surface area (Å²) in [7, 11) is 1.87. The Labute approximate surface area is 149 Å². The first-order valence-electron chi connectivity index (χ1n) is 7.86. The lowest BCUT2D eigenvalue weighted by Crippen LogP contribution is -2.08. The third kappa shape index (κ3) is 2.95. The van der Waals surface area contributed by atoms with Gasteiger partial charge in [0.25, 0.3) is 5.69 Å². The molecule has 0 spiro atoms. The van der Waals surface area contributed by atoms with Crippen LogP contribution in [0.2, 0.25) is 0 Å². The molecule has 7 heteroatoms. The molecule has 0 atom stereocenters. The van der Waals surface area contributed by atoms with Crippen LogP contribution in [0.15, 0.2) is 42.5 Å². The number of nitro groups is 1. The van der Waals surface area contributed by atoms with Gasteiger partial charge in [-0.1, -0.05) is 0 Å². The number of hydrogen-bond acceptors (Lipinski definition) is 5. The van der Waals surface area contributed by atoms with E-state index in [2.05, 4.69) is 0 Å². The molecule has 1 aromatic heterocycles. The number of ether oxygens (including phenoxy) is 1. The number of benzene rings is 2. The maximum absolute atomic E-state index is 12.3. The van der Waals surface area contributed by atoms with Gasteiger partial charge in [0.1, 0.15) is 5.75 Å². The number of Topliss-reactive ketones (excluding diaryl/α,β-unsaturated/α-hetero) is 1. The molecular formula is C19H16N2O5. The predicted molar refractivity (Wildman–Crippen MR) is 95.7 cm³/mol. The third-order valence-corrected chi connectivity index (χ3v) is 4.34. The Balaban J connectivity index is 1.93. The molecule has 0 unspecified atom stereocenters. The zero-order chi connectivity index (χ0) is 19.0. The highest BCUT2D eigenvalue weighted by molar-refractivity contribution is 6.08. The largest absolute Gasteiger partial charge is 0.423 e. The van der Waals surface area contributed by atoms with E-state index in [9.17, 15) is 19.7 Å². The minimum atomic E-state index is -0.628. The second-order valence-corrected chi connectivity index (χ2v) is 5.95. The number of carbonyl (C=O) groups is 2. The van der Waals surface area contributed by atoms with E-state index in [1.54, 1.807) is 18.2 Å². The molecule has 0 aliphatic rings.